The molecule has 2 aromatic rings. The lowest BCUT2D eigenvalue weighted by atomic mass is 10.2. The van der Waals surface area contributed by atoms with Gasteiger partial charge in [-0.2, -0.15) is 0 Å². The fourth-order valence-electron chi connectivity index (χ4n) is 2.32. The number of benzene rings is 1. The second-order valence-corrected chi connectivity index (χ2v) is 5.64. The summed E-state index contributed by atoms with van der Waals surface area (Å²) in [5.74, 6) is 0.0191. The maximum absolute atomic E-state index is 12.1. The summed E-state index contributed by atoms with van der Waals surface area (Å²) in [5, 5.41) is 3.09. The molecule has 1 unspecified atom stereocenters. The Morgan fingerprint density at radius 1 is 1.56 bits per heavy atom. The second kappa shape index (κ2) is 4.66. The zero-order valence-corrected chi connectivity index (χ0v) is 11.0. The molecule has 0 aliphatic carbocycles. The number of likely N-dealkylation sites (tertiary alicyclic amines) is 1. The first-order chi connectivity index (χ1) is 8.72. The molecule has 5 heteroatoms. The van der Waals surface area contributed by atoms with Crippen LogP contribution in [-0.2, 0) is 0 Å². The lowest BCUT2D eigenvalue weighted by molar-refractivity contribution is 0.0938. The molecule has 94 valence electrons. The first-order valence-electron chi connectivity index (χ1n) is 6.05. The molecule has 1 saturated heterocycles. The first kappa shape index (κ1) is 11.6. The molecule has 1 fully saturated rings. The third-order valence-corrected chi connectivity index (χ3v) is 4.11. The molecule has 0 spiro atoms. The number of likely N-dealkylation sites (N-methyl/N-ethyl adjacent to an activating group) is 1. The highest BCUT2D eigenvalue weighted by molar-refractivity contribution is 7.16. The van der Waals surface area contributed by atoms with Gasteiger partial charge in [0.05, 0.1) is 15.7 Å². The number of carbonyl (C=O) groups is 1. The van der Waals surface area contributed by atoms with Crippen molar-refractivity contribution in [3.05, 3.63) is 29.3 Å². The van der Waals surface area contributed by atoms with E-state index in [-0.39, 0.29) is 11.9 Å². The van der Waals surface area contributed by atoms with Crippen molar-refractivity contribution in [3.63, 3.8) is 0 Å². The highest BCUT2D eigenvalue weighted by Gasteiger charge is 2.21. The van der Waals surface area contributed by atoms with Crippen molar-refractivity contribution in [1.29, 1.82) is 0 Å². The van der Waals surface area contributed by atoms with E-state index in [2.05, 4.69) is 22.2 Å². The van der Waals surface area contributed by atoms with Crippen LogP contribution in [0.4, 0.5) is 0 Å². The highest BCUT2D eigenvalue weighted by Crippen LogP contribution is 2.19. The van der Waals surface area contributed by atoms with Crippen LogP contribution in [0.5, 0.6) is 0 Å². The molecule has 1 aromatic carbocycles. The van der Waals surface area contributed by atoms with Crippen LogP contribution in [0.3, 0.4) is 0 Å². The number of aromatic nitrogens is 1. The van der Waals surface area contributed by atoms with Crippen molar-refractivity contribution in [2.24, 2.45) is 0 Å². The van der Waals surface area contributed by atoms with Crippen molar-refractivity contribution in [2.45, 2.75) is 12.5 Å². The highest BCUT2D eigenvalue weighted by atomic mass is 32.1. The van der Waals surface area contributed by atoms with Crippen LogP contribution in [0.1, 0.15) is 16.8 Å². The van der Waals surface area contributed by atoms with E-state index in [0.717, 1.165) is 35.3 Å². The van der Waals surface area contributed by atoms with Crippen molar-refractivity contribution >= 4 is 27.5 Å². The van der Waals surface area contributed by atoms with Gasteiger partial charge in [-0.25, -0.2) is 4.98 Å². The van der Waals surface area contributed by atoms with E-state index >= 15 is 0 Å². The quantitative estimate of drug-likeness (QED) is 0.895. The number of fused-ring (bicyclic) bond motifs is 1. The van der Waals surface area contributed by atoms with Crippen molar-refractivity contribution < 1.29 is 4.79 Å². The number of hydrogen-bond acceptors (Lipinski definition) is 4. The summed E-state index contributed by atoms with van der Waals surface area (Å²) in [6.07, 6.45) is 1.03. The Balaban J connectivity index is 1.75. The minimum atomic E-state index is 0.0191. The number of hydrogen-bond donors (Lipinski definition) is 1. The topological polar surface area (TPSA) is 45.2 Å². The van der Waals surface area contributed by atoms with Gasteiger partial charge in [0, 0.05) is 18.2 Å². The van der Waals surface area contributed by atoms with Crippen LogP contribution in [0, 0.1) is 0 Å². The number of nitrogens with zero attached hydrogens (tertiary/aromatic N) is 2. The van der Waals surface area contributed by atoms with Gasteiger partial charge in [0.2, 0.25) is 0 Å². The Hall–Kier alpha value is -1.46. The summed E-state index contributed by atoms with van der Waals surface area (Å²) in [6, 6.07) is 5.94. The smallest absolute Gasteiger partial charge is 0.251 e. The van der Waals surface area contributed by atoms with Crippen molar-refractivity contribution in [1.82, 2.24) is 15.2 Å². The van der Waals surface area contributed by atoms with Crippen LogP contribution in [-0.4, -0.2) is 42.0 Å². The minimum Gasteiger partial charge on any atom is -0.348 e. The lowest BCUT2D eigenvalue weighted by Crippen LogP contribution is -2.36. The Morgan fingerprint density at radius 2 is 2.44 bits per heavy atom. The largest absolute Gasteiger partial charge is 0.348 e. The van der Waals surface area contributed by atoms with Gasteiger partial charge in [-0.15, -0.1) is 11.3 Å². The standard InChI is InChI=1S/C13H15N3OS/c1-16-5-4-10(7-16)15-13(17)9-2-3-11-12(6-9)18-8-14-11/h2-3,6,8,10H,4-5,7H2,1H3,(H,15,17). The monoisotopic (exact) mass is 261 g/mol. The zero-order chi connectivity index (χ0) is 12.5. The molecule has 1 aromatic heterocycles. The maximum Gasteiger partial charge on any atom is 0.251 e. The van der Waals surface area contributed by atoms with E-state index in [1.165, 1.54) is 0 Å². The molecule has 0 saturated carbocycles. The fraction of sp³-hybridized carbons (Fsp3) is 0.385. The molecular weight excluding hydrogens is 246 g/mol. The first-order valence-corrected chi connectivity index (χ1v) is 6.93. The Labute approximate surface area is 110 Å². The van der Waals surface area contributed by atoms with Crippen LogP contribution >= 0.6 is 11.3 Å². The number of thiazole rings is 1. The summed E-state index contributed by atoms with van der Waals surface area (Å²) in [6.45, 7) is 1.99. The molecule has 1 aliphatic rings. The van der Waals surface area contributed by atoms with Crippen LogP contribution < -0.4 is 5.32 Å². The molecule has 2 heterocycles. The number of rotatable bonds is 2. The summed E-state index contributed by atoms with van der Waals surface area (Å²) in [7, 11) is 2.08. The van der Waals surface area contributed by atoms with E-state index in [1.54, 1.807) is 16.8 Å². The van der Waals surface area contributed by atoms with Gasteiger partial charge < -0.3 is 10.2 Å². The number of amides is 1. The molecule has 1 aliphatic heterocycles. The molecule has 1 N–H and O–H groups in total. The van der Waals surface area contributed by atoms with Crippen molar-refractivity contribution in [3.8, 4) is 0 Å². The van der Waals surface area contributed by atoms with Crippen LogP contribution in [0.25, 0.3) is 10.2 Å². The summed E-state index contributed by atoms with van der Waals surface area (Å²) in [5.41, 5.74) is 3.48. The van der Waals surface area contributed by atoms with E-state index in [1.807, 2.05) is 18.2 Å². The SMILES string of the molecule is CN1CCC(NC(=O)c2ccc3ncsc3c2)C1. The van der Waals surface area contributed by atoms with Gasteiger partial charge in [-0.05, 0) is 38.2 Å². The number of carbonyl (C=O) groups excluding carboxylic acids is 1. The molecule has 18 heavy (non-hydrogen) atoms. The average molecular weight is 261 g/mol. The summed E-state index contributed by atoms with van der Waals surface area (Å²) < 4.78 is 1.06. The molecule has 3 rings (SSSR count). The minimum absolute atomic E-state index is 0.0191. The molecule has 0 radical (unpaired) electrons. The Morgan fingerprint density at radius 3 is 3.22 bits per heavy atom. The molecular formula is C13H15N3OS. The van der Waals surface area contributed by atoms with Crippen LogP contribution in [0.15, 0.2) is 23.7 Å². The molecule has 0 bridgehead atoms. The molecule has 1 atom stereocenters. The van der Waals surface area contributed by atoms with E-state index in [9.17, 15) is 4.79 Å². The van der Waals surface area contributed by atoms with Gasteiger partial charge in [0.1, 0.15) is 0 Å². The maximum atomic E-state index is 12.1. The third-order valence-electron chi connectivity index (χ3n) is 3.32. The van der Waals surface area contributed by atoms with Gasteiger partial charge in [-0.3, -0.25) is 4.79 Å². The van der Waals surface area contributed by atoms with Crippen LogP contribution in [0.2, 0.25) is 0 Å². The van der Waals surface area contributed by atoms with Gasteiger partial charge >= 0.3 is 0 Å². The zero-order valence-electron chi connectivity index (χ0n) is 10.2. The second-order valence-electron chi connectivity index (χ2n) is 4.76. The molecule has 4 nitrogen and oxygen atoms in total. The number of nitrogens with one attached hydrogen (secondary N) is 1. The summed E-state index contributed by atoms with van der Waals surface area (Å²) >= 11 is 1.56. The summed E-state index contributed by atoms with van der Waals surface area (Å²) in [4.78, 5) is 18.6. The lowest BCUT2D eigenvalue weighted by Gasteiger charge is -2.12. The van der Waals surface area contributed by atoms with E-state index in [4.69, 9.17) is 0 Å². The van der Waals surface area contributed by atoms with E-state index < -0.39 is 0 Å². The Bertz CT molecular complexity index is 580. The van der Waals surface area contributed by atoms with Gasteiger partial charge in [0.25, 0.3) is 5.91 Å². The predicted molar refractivity (Wildman–Crippen MR) is 73.0 cm³/mol. The van der Waals surface area contributed by atoms with E-state index in [0.29, 0.717) is 0 Å². The van der Waals surface area contributed by atoms with Gasteiger partial charge in [-0.1, -0.05) is 0 Å². The Kier molecular flexibility index (Phi) is 3.01. The third kappa shape index (κ3) is 2.23. The van der Waals surface area contributed by atoms with Gasteiger partial charge in [0.15, 0.2) is 0 Å². The average Bonchev–Trinajstić information content (AvgIpc) is 2.96. The fourth-order valence-corrected chi connectivity index (χ4v) is 3.03. The predicted octanol–water partition coefficient (Wildman–Crippen LogP) is 1.73. The normalized spacial score (nSPS) is 20.4. The van der Waals surface area contributed by atoms with Crippen molar-refractivity contribution in [2.75, 3.05) is 20.1 Å². The molecule has 1 amide bonds.